The number of nitrogens with zero attached hydrogens (tertiary/aromatic N) is 1. The van der Waals surface area contributed by atoms with Gasteiger partial charge in [0, 0.05) is 26.8 Å². The van der Waals surface area contributed by atoms with Crippen molar-refractivity contribution in [3.63, 3.8) is 0 Å². The monoisotopic (exact) mass is 313 g/mol. The van der Waals surface area contributed by atoms with Crippen LogP contribution in [0.5, 0.6) is 0 Å². The molecule has 1 fully saturated rings. The van der Waals surface area contributed by atoms with Gasteiger partial charge in [-0.2, -0.15) is 4.31 Å². The van der Waals surface area contributed by atoms with Crippen LogP contribution in [-0.2, 0) is 21.2 Å². The van der Waals surface area contributed by atoms with Crippen LogP contribution in [0.3, 0.4) is 0 Å². The number of methoxy groups -OCH3 is 1. The van der Waals surface area contributed by atoms with E-state index in [-0.39, 0.29) is 12.7 Å². The molecule has 118 valence electrons. The molecule has 1 aliphatic heterocycles. The van der Waals surface area contributed by atoms with Crippen LogP contribution in [0.2, 0.25) is 0 Å². The van der Waals surface area contributed by atoms with Crippen LogP contribution in [0.15, 0.2) is 29.2 Å². The van der Waals surface area contributed by atoms with Crippen molar-refractivity contribution in [2.75, 3.05) is 26.8 Å². The Hall–Kier alpha value is -0.950. The van der Waals surface area contributed by atoms with E-state index < -0.39 is 10.0 Å². The smallest absolute Gasteiger partial charge is 0.243 e. The fourth-order valence-corrected chi connectivity index (χ4v) is 4.04. The third kappa shape index (κ3) is 4.03. The molecule has 1 aromatic carbocycles. The van der Waals surface area contributed by atoms with Crippen molar-refractivity contribution in [3.8, 4) is 0 Å². The van der Waals surface area contributed by atoms with E-state index in [1.54, 1.807) is 19.2 Å². The van der Waals surface area contributed by atoms with Crippen LogP contribution < -0.4 is 0 Å². The van der Waals surface area contributed by atoms with Gasteiger partial charge in [0.05, 0.1) is 11.0 Å². The summed E-state index contributed by atoms with van der Waals surface area (Å²) in [4.78, 5) is 0.339. The maximum atomic E-state index is 12.6. The Balaban J connectivity index is 2.05. The van der Waals surface area contributed by atoms with E-state index in [1.807, 2.05) is 12.1 Å². The summed E-state index contributed by atoms with van der Waals surface area (Å²) in [6.45, 7) is 1.16. The number of ether oxygens (including phenoxy) is 1. The van der Waals surface area contributed by atoms with Gasteiger partial charge in [-0.05, 0) is 43.4 Å². The zero-order valence-corrected chi connectivity index (χ0v) is 13.2. The minimum Gasteiger partial charge on any atom is -0.396 e. The molecule has 1 N–H and O–H groups in total. The molecule has 0 aromatic heterocycles. The highest BCUT2D eigenvalue weighted by Crippen LogP contribution is 2.22. The molecule has 1 aliphatic rings. The largest absolute Gasteiger partial charge is 0.396 e. The number of piperidine rings is 1. The average molecular weight is 313 g/mol. The molecule has 5 nitrogen and oxygen atoms in total. The summed E-state index contributed by atoms with van der Waals surface area (Å²) in [6, 6.07) is 6.96. The molecule has 6 heteroatoms. The lowest BCUT2D eigenvalue weighted by atomic mass is 10.1. The highest BCUT2D eigenvalue weighted by molar-refractivity contribution is 7.89. The van der Waals surface area contributed by atoms with E-state index in [1.165, 1.54) is 4.31 Å². The van der Waals surface area contributed by atoms with Crippen LogP contribution in [-0.4, -0.2) is 50.7 Å². The molecule has 1 aromatic rings. The van der Waals surface area contributed by atoms with Crippen molar-refractivity contribution in [3.05, 3.63) is 29.8 Å². The van der Waals surface area contributed by atoms with Gasteiger partial charge >= 0.3 is 0 Å². The quantitative estimate of drug-likeness (QED) is 0.862. The van der Waals surface area contributed by atoms with Gasteiger partial charge < -0.3 is 9.84 Å². The van der Waals surface area contributed by atoms with E-state index in [4.69, 9.17) is 9.84 Å². The maximum Gasteiger partial charge on any atom is 0.243 e. The summed E-state index contributed by atoms with van der Waals surface area (Å²) in [5.41, 5.74) is 1.04. The first-order valence-electron chi connectivity index (χ1n) is 7.30. The van der Waals surface area contributed by atoms with Crippen LogP contribution in [0.1, 0.15) is 24.8 Å². The van der Waals surface area contributed by atoms with Crippen LogP contribution in [0, 0.1) is 0 Å². The zero-order valence-electron chi connectivity index (χ0n) is 12.4. The molecule has 1 saturated heterocycles. The standard InChI is InChI=1S/C15H23NO4S/c1-20-14-8-10-16(11-9-14)21(18,19)15-6-4-13(5-7-15)3-2-12-17/h4-7,14,17H,2-3,8-12H2,1H3. The van der Waals surface area contributed by atoms with Crippen molar-refractivity contribution >= 4 is 10.0 Å². The number of sulfonamides is 1. The van der Waals surface area contributed by atoms with Crippen LogP contribution >= 0.6 is 0 Å². The molecular weight excluding hydrogens is 290 g/mol. The summed E-state index contributed by atoms with van der Waals surface area (Å²) >= 11 is 0. The number of hydrogen-bond acceptors (Lipinski definition) is 4. The van der Waals surface area contributed by atoms with Crippen LogP contribution in [0.4, 0.5) is 0 Å². The van der Waals surface area contributed by atoms with E-state index >= 15 is 0 Å². The van der Waals surface area contributed by atoms with Crippen LogP contribution in [0.25, 0.3) is 0 Å². The van der Waals surface area contributed by atoms with Crippen molar-refractivity contribution in [2.24, 2.45) is 0 Å². The van der Waals surface area contributed by atoms with Gasteiger partial charge in [0.2, 0.25) is 10.0 Å². The molecular formula is C15H23NO4S. The molecule has 1 heterocycles. The molecule has 0 atom stereocenters. The summed E-state index contributed by atoms with van der Waals surface area (Å²) in [6.07, 6.45) is 3.10. The number of aliphatic hydroxyl groups is 1. The number of benzene rings is 1. The maximum absolute atomic E-state index is 12.6. The molecule has 0 saturated carbocycles. The minimum atomic E-state index is -3.40. The number of rotatable bonds is 6. The van der Waals surface area contributed by atoms with E-state index in [2.05, 4.69) is 0 Å². The second kappa shape index (κ2) is 7.35. The first kappa shape index (κ1) is 16.4. The molecule has 2 rings (SSSR count). The summed E-state index contributed by atoms with van der Waals surface area (Å²) < 4.78 is 31.9. The van der Waals surface area contributed by atoms with Gasteiger partial charge in [-0.15, -0.1) is 0 Å². The number of hydrogen-bond donors (Lipinski definition) is 1. The third-order valence-electron chi connectivity index (χ3n) is 3.92. The molecule has 0 spiro atoms. The van der Waals surface area contributed by atoms with E-state index in [0.29, 0.717) is 24.4 Å². The van der Waals surface area contributed by atoms with E-state index in [0.717, 1.165) is 24.8 Å². The molecule has 0 radical (unpaired) electrons. The number of aryl methyl sites for hydroxylation is 1. The normalized spacial score (nSPS) is 18.0. The highest BCUT2D eigenvalue weighted by Gasteiger charge is 2.29. The fourth-order valence-electron chi connectivity index (χ4n) is 2.57. The Morgan fingerprint density at radius 2 is 1.86 bits per heavy atom. The Bertz CT molecular complexity index is 533. The zero-order chi connectivity index (χ0) is 15.3. The first-order chi connectivity index (χ1) is 10.1. The molecule has 0 aliphatic carbocycles. The Morgan fingerprint density at radius 3 is 2.38 bits per heavy atom. The van der Waals surface area contributed by atoms with Gasteiger partial charge in [-0.1, -0.05) is 12.1 Å². The summed E-state index contributed by atoms with van der Waals surface area (Å²) in [5, 5.41) is 8.81. The Morgan fingerprint density at radius 1 is 1.24 bits per heavy atom. The lowest BCUT2D eigenvalue weighted by Crippen LogP contribution is -2.40. The van der Waals surface area contributed by atoms with Gasteiger partial charge in [-0.3, -0.25) is 0 Å². The average Bonchev–Trinajstić information content (AvgIpc) is 2.53. The summed E-state index contributed by atoms with van der Waals surface area (Å²) in [7, 11) is -1.74. The van der Waals surface area contributed by atoms with Gasteiger partial charge in [-0.25, -0.2) is 8.42 Å². The lowest BCUT2D eigenvalue weighted by Gasteiger charge is -2.30. The van der Waals surface area contributed by atoms with Gasteiger partial charge in [0.25, 0.3) is 0 Å². The van der Waals surface area contributed by atoms with Crippen molar-refractivity contribution < 1.29 is 18.3 Å². The van der Waals surface area contributed by atoms with Gasteiger partial charge in [0.15, 0.2) is 0 Å². The fraction of sp³-hybridized carbons (Fsp3) is 0.600. The minimum absolute atomic E-state index is 0.147. The topological polar surface area (TPSA) is 66.8 Å². The Labute approximate surface area is 126 Å². The SMILES string of the molecule is COC1CCN(S(=O)(=O)c2ccc(CCCO)cc2)CC1. The molecule has 0 bridgehead atoms. The second-order valence-corrected chi connectivity index (χ2v) is 7.25. The van der Waals surface area contributed by atoms with Crippen molar-refractivity contribution in [1.82, 2.24) is 4.31 Å². The third-order valence-corrected chi connectivity index (χ3v) is 5.83. The second-order valence-electron chi connectivity index (χ2n) is 5.31. The number of aliphatic hydroxyl groups excluding tert-OH is 1. The predicted molar refractivity (Wildman–Crippen MR) is 80.6 cm³/mol. The van der Waals surface area contributed by atoms with Gasteiger partial charge in [0.1, 0.15) is 0 Å². The summed E-state index contributed by atoms with van der Waals surface area (Å²) in [5.74, 6) is 0. The highest BCUT2D eigenvalue weighted by atomic mass is 32.2. The lowest BCUT2D eigenvalue weighted by molar-refractivity contribution is 0.0604. The van der Waals surface area contributed by atoms with Crippen molar-refractivity contribution in [1.29, 1.82) is 0 Å². The van der Waals surface area contributed by atoms with Crippen molar-refractivity contribution in [2.45, 2.75) is 36.7 Å². The first-order valence-corrected chi connectivity index (χ1v) is 8.74. The molecule has 21 heavy (non-hydrogen) atoms. The predicted octanol–water partition coefficient (Wildman–Crippen LogP) is 1.41. The van der Waals surface area contributed by atoms with E-state index in [9.17, 15) is 8.42 Å². The molecule has 0 amide bonds. The Kier molecular flexibility index (Phi) is 5.75. The molecule has 0 unspecified atom stereocenters.